The van der Waals surface area contributed by atoms with Crippen molar-refractivity contribution in [3.8, 4) is 0 Å². The van der Waals surface area contributed by atoms with E-state index in [4.69, 9.17) is 9.47 Å². The van der Waals surface area contributed by atoms with Gasteiger partial charge in [0.2, 0.25) is 0 Å². The normalized spacial score (nSPS) is 23.0. The molecule has 2 aliphatic heterocycles. The lowest BCUT2D eigenvalue weighted by molar-refractivity contribution is 0.0888. The summed E-state index contributed by atoms with van der Waals surface area (Å²) in [7, 11) is 1.84. The van der Waals surface area contributed by atoms with E-state index in [1.807, 2.05) is 18.4 Å². The molecule has 0 amide bonds. The summed E-state index contributed by atoms with van der Waals surface area (Å²) in [5, 5.41) is 9.09. The van der Waals surface area contributed by atoms with Crippen molar-refractivity contribution in [3.63, 3.8) is 0 Å². The average Bonchev–Trinajstić information content (AvgIpc) is 3.41. The van der Waals surface area contributed by atoms with E-state index in [0.717, 1.165) is 64.9 Å². The highest BCUT2D eigenvalue weighted by atomic mass is 127. The molecule has 0 bridgehead atoms. The SMILES string of the molecule is CN=C(NCCCOCC1CCOC1)NCC1CCCN(Cc2cccs2)C1.I. The maximum Gasteiger partial charge on any atom is 0.190 e. The molecule has 0 aliphatic carbocycles. The summed E-state index contributed by atoms with van der Waals surface area (Å²) in [6.07, 6.45) is 4.71. The number of likely N-dealkylation sites (tertiary alicyclic amines) is 1. The fourth-order valence-corrected chi connectivity index (χ4v) is 4.64. The molecule has 1 aromatic rings. The molecule has 2 unspecified atom stereocenters. The minimum Gasteiger partial charge on any atom is -0.381 e. The largest absolute Gasteiger partial charge is 0.381 e. The Kier molecular flexibility index (Phi) is 12.5. The summed E-state index contributed by atoms with van der Waals surface area (Å²) in [4.78, 5) is 8.41. The first-order chi connectivity index (χ1) is 13.8. The number of nitrogens with zero attached hydrogens (tertiary/aromatic N) is 2. The highest BCUT2D eigenvalue weighted by Gasteiger charge is 2.20. The zero-order valence-corrected chi connectivity index (χ0v) is 20.8. The zero-order valence-electron chi connectivity index (χ0n) is 17.6. The number of hydrogen-bond acceptors (Lipinski definition) is 5. The molecule has 0 aromatic carbocycles. The Morgan fingerprint density at radius 2 is 2.28 bits per heavy atom. The van der Waals surface area contributed by atoms with Gasteiger partial charge in [0.05, 0.1) is 13.2 Å². The Hall–Kier alpha value is -0.420. The maximum atomic E-state index is 5.76. The Morgan fingerprint density at radius 1 is 1.34 bits per heavy atom. The molecule has 2 aliphatic rings. The van der Waals surface area contributed by atoms with Gasteiger partial charge in [-0.2, -0.15) is 0 Å². The number of guanidine groups is 1. The van der Waals surface area contributed by atoms with Gasteiger partial charge in [0.1, 0.15) is 0 Å². The minimum absolute atomic E-state index is 0. The first kappa shape index (κ1) is 24.8. The standard InChI is InChI=1S/C21H36N4O2S.HI/c1-22-21(23-8-4-10-26-16-19-7-11-27-17-19)24-13-18-5-2-9-25(14-18)15-20-6-3-12-28-20;/h3,6,12,18-19H,2,4-5,7-11,13-17H2,1H3,(H2,22,23,24);1H. The molecule has 3 rings (SSSR count). The molecule has 0 saturated carbocycles. The van der Waals surface area contributed by atoms with E-state index >= 15 is 0 Å². The number of hydrogen-bond donors (Lipinski definition) is 2. The molecule has 3 heterocycles. The Labute approximate surface area is 196 Å². The van der Waals surface area contributed by atoms with E-state index in [1.165, 1.54) is 30.8 Å². The number of rotatable bonds is 10. The van der Waals surface area contributed by atoms with Crippen LogP contribution in [0.15, 0.2) is 22.5 Å². The second kappa shape index (κ2) is 14.6. The van der Waals surface area contributed by atoms with Crippen LogP contribution in [0, 0.1) is 11.8 Å². The summed E-state index contributed by atoms with van der Waals surface area (Å²) in [6.45, 7) is 8.72. The maximum absolute atomic E-state index is 5.76. The smallest absolute Gasteiger partial charge is 0.190 e. The summed E-state index contributed by atoms with van der Waals surface area (Å²) in [6, 6.07) is 4.39. The van der Waals surface area contributed by atoms with Crippen LogP contribution in [0.2, 0.25) is 0 Å². The minimum atomic E-state index is 0. The fourth-order valence-electron chi connectivity index (χ4n) is 3.89. The number of aliphatic imine (C=N–C) groups is 1. The molecule has 2 fully saturated rings. The van der Waals surface area contributed by atoms with Crippen LogP contribution in [0.3, 0.4) is 0 Å². The fraction of sp³-hybridized carbons (Fsp3) is 0.762. The van der Waals surface area contributed by atoms with E-state index in [9.17, 15) is 0 Å². The number of ether oxygens (including phenoxy) is 2. The van der Waals surface area contributed by atoms with Gasteiger partial charge in [-0.3, -0.25) is 9.89 Å². The average molecular weight is 537 g/mol. The molecule has 8 heteroatoms. The predicted molar refractivity (Wildman–Crippen MR) is 131 cm³/mol. The van der Waals surface area contributed by atoms with Crippen LogP contribution in [0.25, 0.3) is 0 Å². The van der Waals surface area contributed by atoms with E-state index < -0.39 is 0 Å². The quantitative estimate of drug-likeness (QED) is 0.208. The van der Waals surface area contributed by atoms with Gasteiger partial charge in [0.25, 0.3) is 0 Å². The zero-order chi connectivity index (χ0) is 19.4. The van der Waals surface area contributed by atoms with Crippen molar-refractivity contribution >= 4 is 41.3 Å². The van der Waals surface area contributed by atoms with Gasteiger partial charge in [-0.1, -0.05) is 6.07 Å². The Morgan fingerprint density at radius 3 is 3.03 bits per heavy atom. The number of halogens is 1. The van der Waals surface area contributed by atoms with Crippen molar-refractivity contribution < 1.29 is 9.47 Å². The van der Waals surface area contributed by atoms with Crippen molar-refractivity contribution in [1.29, 1.82) is 0 Å². The second-order valence-electron chi connectivity index (χ2n) is 7.86. The first-order valence-corrected chi connectivity index (χ1v) is 11.6. The van der Waals surface area contributed by atoms with Crippen LogP contribution in [0.5, 0.6) is 0 Å². The molecule has 6 nitrogen and oxygen atoms in total. The summed E-state index contributed by atoms with van der Waals surface area (Å²) >= 11 is 1.86. The number of thiophene rings is 1. The Bertz CT molecular complexity index is 567. The van der Waals surface area contributed by atoms with Crippen LogP contribution >= 0.6 is 35.3 Å². The van der Waals surface area contributed by atoms with Crippen LogP contribution in [-0.2, 0) is 16.0 Å². The molecule has 2 atom stereocenters. The lowest BCUT2D eigenvalue weighted by Crippen LogP contribution is -2.44. The molecular weight excluding hydrogens is 499 g/mol. The predicted octanol–water partition coefficient (Wildman–Crippen LogP) is 3.19. The molecule has 166 valence electrons. The molecule has 0 spiro atoms. The van der Waals surface area contributed by atoms with Crippen LogP contribution in [0.4, 0.5) is 0 Å². The third kappa shape index (κ3) is 9.50. The van der Waals surface area contributed by atoms with Gasteiger partial charge in [-0.05, 0) is 49.6 Å². The summed E-state index contributed by atoms with van der Waals surface area (Å²) in [5.74, 6) is 2.18. The lowest BCUT2D eigenvalue weighted by atomic mass is 9.98. The third-order valence-corrected chi connectivity index (χ3v) is 6.34. The molecule has 2 N–H and O–H groups in total. The highest BCUT2D eigenvalue weighted by Crippen LogP contribution is 2.20. The van der Waals surface area contributed by atoms with Gasteiger partial charge in [0, 0.05) is 57.2 Å². The molecule has 2 saturated heterocycles. The number of piperidine rings is 1. The van der Waals surface area contributed by atoms with E-state index in [2.05, 4.69) is 38.0 Å². The van der Waals surface area contributed by atoms with E-state index in [-0.39, 0.29) is 24.0 Å². The summed E-state index contributed by atoms with van der Waals surface area (Å²) < 4.78 is 11.1. The van der Waals surface area contributed by atoms with Gasteiger partial charge in [-0.15, -0.1) is 35.3 Å². The second-order valence-corrected chi connectivity index (χ2v) is 8.89. The highest BCUT2D eigenvalue weighted by molar-refractivity contribution is 14.0. The molecular formula is C21H37IN4O2S. The van der Waals surface area contributed by atoms with E-state index in [0.29, 0.717) is 11.8 Å². The van der Waals surface area contributed by atoms with Crippen LogP contribution < -0.4 is 10.6 Å². The van der Waals surface area contributed by atoms with Crippen molar-refractivity contribution in [2.75, 3.05) is 59.7 Å². The number of nitrogens with one attached hydrogen (secondary N) is 2. The molecule has 0 radical (unpaired) electrons. The first-order valence-electron chi connectivity index (χ1n) is 10.7. The van der Waals surface area contributed by atoms with Gasteiger partial charge >= 0.3 is 0 Å². The van der Waals surface area contributed by atoms with Crippen molar-refractivity contribution in [2.24, 2.45) is 16.8 Å². The van der Waals surface area contributed by atoms with Gasteiger partial charge in [-0.25, -0.2) is 0 Å². The molecule has 29 heavy (non-hydrogen) atoms. The van der Waals surface area contributed by atoms with Crippen molar-refractivity contribution in [3.05, 3.63) is 22.4 Å². The van der Waals surface area contributed by atoms with Crippen molar-refractivity contribution in [2.45, 2.75) is 32.2 Å². The van der Waals surface area contributed by atoms with Crippen molar-refractivity contribution in [1.82, 2.24) is 15.5 Å². The topological polar surface area (TPSA) is 58.1 Å². The molecule has 1 aromatic heterocycles. The van der Waals surface area contributed by atoms with Crippen LogP contribution in [0.1, 0.15) is 30.6 Å². The van der Waals surface area contributed by atoms with Gasteiger partial charge < -0.3 is 20.1 Å². The Balaban J connectivity index is 0.00000300. The third-order valence-electron chi connectivity index (χ3n) is 5.48. The van der Waals surface area contributed by atoms with Gasteiger partial charge in [0.15, 0.2) is 5.96 Å². The van der Waals surface area contributed by atoms with Crippen LogP contribution in [-0.4, -0.2) is 70.5 Å². The van der Waals surface area contributed by atoms with E-state index in [1.54, 1.807) is 0 Å². The lowest BCUT2D eigenvalue weighted by Gasteiger charge is -2.32. The summed E-state index contributed by atoms with van der Waals surface area (Å²) in [5.41, 5.74) is 0. The monoisotopic (exact) mass is 536 g/mol.